The van der Waals surface area contributed by atoms with Crippen LogP contribution in [0.15, 0.2) is 71.6 Å². The molecular formula is C22H18Cl2N2O2S. The molecule has 0 unspecified atom stereocenters. The van der Waals surface area contributed by atoms with E-state index in [-0.39, 0.29) is 17.6 Å². The van der Waals surface area contributed by atoms with E-state index in [0.717, 1.165) is 10.5 Å². The van der Waals surface area contributed by atoms with Gasteiger partial charge in [-0.15, -0.1) is 11.8 Å². The van der Waals surface area contributed by atoms with Crippen molar-refractivity contribution in [1.82, 2.24) is 0 Å². The second-order valence-corrected chi connectivity index (χ2v) is 8.21. The topological polar surface area (TPSA) is 58.2 Å². The van der Waals surface area contributed by atoms with Crippen LogP contribution in [-0.2, 0) is 4.79 Å². The van der Waals surface area contributed by atoms with Gasteiger partial charge in [0.2, 0.25) is 5.91 Å². The minimum Gasteiger partial charge on any atom is -0.325 e. The summed E-state index contributed by atoms with van der Waals surface area (Å²) in [4.78, 5) is 25.5. The van der Waals surface area contributed by atoms with Crippen molar-refractivity contribution < 1.29 is 9.59 Å². The Morgan fingerprint density at radius 3 is 2.31 bits per heavy atom. The molecule has 0 saturated carbocycles. The summed E-state index contributed by atoms with van der Waals surface area (Å²) in [5.41, 5.74) is 2.76. The van der Waals surface area contributed by atoms with Gasteiger partial charge in [0.1, 0.15) is 0 Å². The summed E-state index contributed by atoms with van der Waals surface area (Å²) in [6.45, 7) is 1.90. The van der Waals surface area contributed by atoms with Crippen molar-refractivity contribution in [3.63, 3.8) is 0 Å². The van der Waals surface area contributed by atoms with Crippen molar-refractivity contribution in [3.05, 3.63) is 87.9 Å². The van der Waals surface area contributed by atoms with Crippen molar-refractivity contribution in [2.75, 3.05) is 16.4 Å². The van der Waals surface area contributed by atoms with Crippen LogP contribution >= 0.6 is 35.0 Å². The first-order valence-corrected chi connectivity index (χ1v) is 10.5. The first kappa shape index (κ1) is 21.2. The molecule has 0 bridgehead atoms. The van der Waals surface area contributed by atoms with Gasteiger partial charge in [-0.1, -0.05) is 47.5 Å². The molecule has 7 heteroatoms. The second kappa shape index (κ2) is 9.83. The highest BCUT2D eigenvalue weighted by molar-refractivity contribution is 8.00. The van der Waals surface area contributed by atoms with E-state index in [1.54, 1.807) is 24.3 Å². The zero-order chi connectivity index (χ0) is 20.8. The van der Waals surface area contributed by atoms with Crippen molar-refractivity contribution >= 4 is 58.2 Å². The van der Waals surface area contributed by atoms with E-state index in [2.05, 4.69) is 10.6 Å². The highest BCUT2D eigenvalue weighted by Gasteiger charge is 2.10. The van der Waals surface area contributed by atoms with Crippen LogP contribution in [-0.4, -0.2) is 17.6 Å². The molecule has 2 amide bonds. The highest BCUT2D eigenvalue weighted by atomic mass is 35.5. The summed E-state index contributed by atoms with van der Waals surface area (Å²) in [5.74, 6) is -0.136. The summed E-state index contributed by atoms with van der Waals surface area (Å²) in [7, 11) is 0. The average molecular weight is 445 g/mol. The minimum absolute atomic E-state index is 0.166. The number of aryl methyl sites for hydroxylation is 1. The fourth-order valence-electron chi connectivity index (χ4n) is 2.66. The summed E-state index contributed by atoms with van der Waals surface area (Å²) < 4.78 is 0. The second-order valence-electron chi connectivity index (χ2n) is 6.29. The molecule has 29 heavy (non-hydrogen) atoms. The molecule has 0 aliphatic rings. The van der Waals surface area contributed by atoms with Gasteiger partial charge in [0.05, 0.1) is 5.75 Å². The lowest BCUT2D eigenvalue weighted by Crippen LogP contribution is -2.14. The number of thioether (sulfide) groups is 1. The Bertz CT molecular complexity index is 1040. The van der Waals surface area contributed by atoms with Crippen LogP contribution in [0.25, 0.3) is 0 Å². The molecule has 0 aliphatic carbocycles. The van der Waals surface area contributed by atoms with Gasteiger partial charge in [-0.25, -0.2) is 0 Å². The summed E-state index contributed by atoms with van der Waals surface area (Å²) >= 11 is 13.3. The quantitative estimate of drug-likeness (QED) is 0.439. The van der Waals surface area contributed by atoms with E-state index in [1.807, 2.05) is 49.4 Å². The standard InChI is InChI=1S/C22H18Cl2N2O2S/c1-14-5-2-3-8-20(14)22(28)26-17-6-4-7-19(12-17)29-13-21(27)25-18-10-15(23)9-16(24)11-18/h2-12H,13H2,1H3,(H,25,27)(H,26,28). The Kier molecular flexibility index (Phi) is 7.20. The van der Waals surface area contributed by atoms with Crippen LogP contribution in [0.3, 0.4) is 0 Å². The normalized spacial score (nSPS) is 10.4. The number of nitrogens with one attached hydrogen (secondary N) is 2. The van der Waals surface area contributed by atoms with Gasteiger partial charge in [0.15, 0.2) is 0 Å². The van der Waals surface area contributed by atoms with Crippen LogP contribution in [0, 0.1) is 6.92 Å². The lowest BCUT2D eigenvalue weighted by atomic mass is 10.1. The van der Waals surface area contributed by atoms with Gasteiger partial charge in [0, 0.05) is 31.9 Å². The fraction of sp³-hybridized carbons (Fsp3) is 0.0909. The van der Waals surface area contributed by atoms with E-state index in [0.29, 0.717) is 27.0 Å². The molecule has 0 aliphatic heterocycles. The third-order valence-electron chi connectivity index (χ3n) is 4.00. The maximum atomic E-state index is 12.5. The Morgan fingerprint density at radius 2 is 1.59 bits per heavy atom. The van der Waals surface area contributed by atoms with E-state index in [9.17, 15) is 9.59 Å². The summed E-state index contributed by atoms with van der Waals surface area (Å²) in [6, 6.07) is 19.7. The zero-order valence-electron chi connectivity index (χ0n) is 15.5. The summed E-state index contributed by atoms with van der Waals surface area (Å²) in [6.07, 6.45) is 0. The third kappa shape index (κ3) is 6.26. The SMILES string of the molecule is Cc1ccccc1C(=O)Nc1cccc(SCC(=O)Nc2cc(Cl)cc(Cl)c2)c1. The number of halogens is 2. The fourth-order valence-corrected chi connectivity index (χ4v) is 3.94. The first-order chi connectivity index (χ1) is 13.9. The molecule has 3 rings (SSSR count). The molecule has 148 valence electrons. The molecule has 0 radical (unpaired) electrons. The first-order valence-electron chi connectivity index (χ1n) is 8.76. The van der Waals surface area contributed by atoms with Gasteiger partial charge in [-0.2, -0.15) is 0 Å². The van der Waals surface area contributed by atoms with Gasteiger partial charge in [0.25, 0.3) is 5.91 Å². The van der Waals surface area contributed by atoms with E-state index in [1.165, 1.54) is 11.8 Å². The number of hydrogen-bond acceptors (Lipinski definition) is 3. The maximum absolute atomic E-state index is 12.5. The van der Waals surface area contributed by atoms with Crippen LogP contribution in [0.1, 0.15) is 15.9 Å². The smallest absolute Gasteiger partial charge is 0.255 e. The van der Waals surface area contributed by atoms with Crippen LogP contribution in [0.2, 0.25) is 10.0 Å². The number of hydrogen-bond donors (Lipinski definition) is 2. The molecule has 2 N–H and O–H groups in total. The van der Waals surface area contributed by atoms with Crippen LogP contribution in [0.5, 0.6) is 0 Å². The van der Waals surface area contributed by atoms with E-state index in [4.69, 9.17) is 23.2 Å². The molecule has 0 spiro atoms. The van der Waals surface area contributed by atoms with Gasteiger partial charge in [-0.3, -0.25) is 9.59 Å². The largest absolute Gasteiger partial charge is 0.325 e. The van der Waals surface area contributed by atoms with Crippen molar-refractivity contribution in [3.8, 4) is 0 Å². The molecule has 3 aromatic carbocycles. The number of carbonyl (C=O) groups excluding carboxylic acids is 2. The van der Waals surface area contributed by atoms with Crippen molar-refractivity contribution in [2.45, 2.75) is 11.8 Å². The van der Waals surface area contributed by atoms with Crippen molar-refractivity contribution in [1.29, 1.82) is 0 Å². The Balaban J connectivity index is 1.59. The minimum atomic E-state index is -0.178. The number of anilines is 2. The average Bonchev–Trinajstić information content (AvgIpc) is 2.66. The Labute approximate surface area is 183 Å². The van der Waals surface area contributed by atoms with Gasteiger partial charge in [-0.05, 0) is 55.0 Å². The summed E-state index contributed by atoms with van der Waals surface area (Å²) in [5, 5.41) is 6.58. The predicted molar refractivity (Wildman–Crippen MR) is 121 cm³/mol. The van der Waals surface area contributed by atoms with E-state index >= 15 is 0 Å². The molecule has 4 nitrogen and oxygen atoms in total. The maximum Gasteiger partial charge on any atom is 0.255 e. The number of carbonyl (C=O) groups is 2. The Hall–Kier alpha value is -2.47. The third-order valence-corrected chi connectivity index (χ3v) is 5.43. The number of rotatable bonds is 6. The van der Waals surface area contributed by atoms with Crippen LogP contribution < -0.4 is 10.6 Å². The molecule has 0 heterocycles. The van der Waals surface area contributed by atoms with Crippen LogP contribution in [0.4, 0.5) is 11.4 Å². The molecule has 0 aromatic heterocycles. The van der Waals surface area contributed by atoms with Gasteiger partial charge >= 0.3 is 0 Å². The molecular weight excluding hydrogens is 427 g/mol. The monoisotopic (exact) mass is 444 g/mol. The molecule has 0 fully saturated rings. The lowest BCUT2D eigenvalue weighted by molar-refractivity contribution is -0.113. The van der Waals surface area contributed by atoms with E-state index < -0.39 is 0 Å². The predicted octanol–water partition coefficient (Wildman–Crippen LogP) is 6.28. The highest BCUT2D eigenvalue weighted by Crippen LogP contribution is 2.25. The molecule has 3 aromatic rings. The molecule has 0 atom stereocenters. The lowest BCUT2D eigenvalue weighted by Gasteiger charge is -2.09. The van der Waals surface area contributed by atoms with Crippen molar-refractivity contribution in [2.24, 2.45) is 0 Å². The number of amides is 2. The Morgan fingerprint density at radius 1 is 0.862 bits per heavy atom. The number of benzene rings is 3. The van der Waals surface area contributed by atoms with Gasteiger partial charge < -0.3 is 10.6 Å². The molecule has 0 saturated heterocycles. The zero-order valence-corrected chi connectivity index (χ0v) is 17.9.